The number of carbonyl (C=O) groups is 1. The van der Waals surface area contributed by atoms with Crippen LogP contribution in [0.3, 0.4) is 0 Å². The predicted octanol–water partition coefficient (Wildman–Crippen LogP) is 2.79. The van der Waals surface area contributed by atoms with Gasteiger partial charge in [-0.2, -0.15) is 0 Å². The van der Waals surface area contributed by atoms with Crippen LogP contribution in [0.4, 0.5) is 0 Å². The van der Waals surface area contributed by atoms with Gasteiger partial charge in [0.2, 0.25) is 0 Å². The number of thiazole rings is 1. The lowest BCUT2D eigenvalue weighted by Crippen LogP contribution is -2.23. The van der Waals surface area contributed by atoms with Crippen molar-refractivity contribution in [3.63, 3.8) is 0 Å². The van der Waals surface area contributed by atoms with Gasteiger partial charge in [-0.25, -0.2) is 4.98 Å². The average Bonchev–Trinajstić information content (AvgIpc) is 2.64. The third-order valence-corrected chi connectivity index (χ3v) is 3.62. The van der Waals surface area contributed by atoms with Crippen LogP contribution in [0, 0.1) is 6.92 Å². The lowest BCUT2D eigenvalue weighted by atomic mass is 10.2. The van der Waals surface area contributed by atoms with E-state index in [0.29, 0.717) is 4.88 Å². The summed E-state index contributed by atoms with van der Waals surface area (Å²) in [5.41, 5.74) is 0. The third kappa shape index (κ3) is 4.92. The summed E-state index contributed by atoms with van der Waals surface area (Å²) < 4.78 is 1.19. The number of nitrogens with one attached hydrogen (secondary N) is 1. The van der Waals surface area contributed by atoms with Gasteiger partial charge in [-0.05, 0) is 24.2 Å². The Hall–Kier alpha value is -0.170. The van der Waals surface area contributed by atoms with Crippen LogP contribution in [-0.2, 0) is 0 Å². The molecule has 1 N–H and O–H groups in total. The maximum atomic E-state index is 11.5. The topological polar surface area (TPSA) is 42.0 Å². The van der Waals surface area contributed by atoms with Gasteiger partial charge >= 0.3 is 0 Å². The van der Waals surface area contributed by atoms with Gasteiger partial charge in [0.1, 0.15) is 4.88 Å². The van der Waals surface area contributed by atoms with Crippen molar-refractivity contribution in [1.29, 1.82) is 0 Å². The van der Waals surface area contributed by atoms with E-state index in [1.165, 1.54) is 28.6 Å². The Kier molecular flexibility index (Phi) is 6.16. The van der Waals surface area contributed by atoms with E-state index >= 15 is 0 Å². The average molecular weight is 338 g/mol. The van der Waals surface area contributed by atoms with Crippen molar-refractivity contribution < 1.29 is 4.79 Å². The molecule has 0 aliphatic heterocycles. The molecule has 0 fully saturated rings. The van der Waals surface area contributed by atoms with Gasteiger partial charge in [0.05, 0.1) is 11.2 Å². The van der Waals surface area contributed by atoms with E-state index in [4.69, 9.17) is 0 Å². The smallest absolute Gasteiger partial charge is 0.263 e. The Morgan fingerprint density at radius 3 is 2.93 bits per heavy atom. The molecule has 0 aliphatic rings. The van der Waals surface area contributed by atoms with Crippen LogP contribution in [-0.4, -0.2) is 21.9 Å². The second-order valence-electron chi connectivity index (χ2n) is 3.25. The number of halogens is 1. The Bertz CT molecular complexity index is 314. The molecule has 1 aromatic rings. The molecule has 15 heavy (non-hydrogen) atoms. The van der Waals surface area contributed by atoms with Crippen molar-refractivity contribution in [2.45, 2.75) is 26.2 Å². The fraction of sp³-hybridized carbons (Fsp3) is 0.600. The summed E-state index contributed by atoms with van der Waals surface area (Å²) in [6, 6.07) is 0. The lowest BCUT2D eigenvalue weighted by molar-refractivity contribution is 0.0957. The Labute approximate surface area is 108 Å². The second kappa shape index (κ2) is 7.16. The fourth-order valence-electron chi connectivity index (χ4n) is 1.15. The van der Waals surface area contributed by atoms with Crippen molar-refractivity contribution in [2.24, 2.45) is 0 Å². The van der Waals surface area contributed by atoms with E-state index in [-0.39, 0.29) is 5.91 Å². The van der Waals surface area contributed by atoms with Crippen LogP contribution >= 0.6 is 33.9 Å². The number of hydrogen-bond donors (Lipinski definition) is 1. The molecular weight excluding hydrogens is 323 g/mol. The zero-order valence-electron chi connectivity index (χ0n) is 8.75. The first-order valence-electron chi connectivity index (χ1n) is 5.00. The van der Waals surface area contributed by atoms with E-state index in [2.05, 4.69) is 32.9 Å². The summed E-state index contributed by atoms with van der Waals surface area (Å²) in [6.07, 6.45) is 5.12. The van der Waals surface area contributed by atoms with Crippen LogP contribution in [0.15, 0.2) is 6.20 Å². The molecule has 0 saturated carbocycles. The molecule has 84 valence electrons. The molecule has 0 atom stereocenters. The number of aromatic nitrogens is 1. The third-order valence-electron chi connectivity index (χ3n) is 1.94. The van der Waals surface area contributed by atoms with Gasteiger partial charge in [0.15, 0.2) is 0 Å². The molecule has 0 spiro atoms. The van der Waals surface area contributed by atoms with Crippen LogP contribution in [0.1, 0.15) is 33.9 Å². The van der Waals surface area contributed by atoms with Crippen molar-refractivity contribution >= 4 is 39.8 Å². The van der Waals surface area contributed by atoms with Crippen LogP contribution in [0.5, 0.6) is 0 Å². The van der Waals surface area contributed by atoms with Crippen molar-refractivity contribution in [3.8, 4) is 0 Å². The monoisotopic (exact) mass is 338 g/mol. The highest BCUT2D eigenvalue weighted by Gasteiger charge is 2.07. The molecule has 1 amide bonds. The van der Waals surface area contributed by atoms with E-state index in [9.17, 15) is 4.79 Å². The largest absolute Gasteiger partial charge is 0.351 e. The summed E-state index contributed by atoms with van der Waals surface area (Å²) in [4.78, 5) is 16.3. The van der Waals surface area contributed by atoms with Gasteiger partial charge in [-0.3, -0.25) is 4.79 Å². The molecule has 5 heteroatoms. The van der Waals surface area contributed by atoms with Gasteiger partial charge in [0.25, 0.3) is 5.91 Å². The second-order valence-corrected chi connectivity index (χ2v) is 5.56. The first-order valence-corrected chi connectivity index (χ1v) is 7.35. The highest BCUT2D eigenvalue weighted by Crippen LogP contribution is 2.10. The quantitative estimate of drug-likeness (QED) is 0.492. The first-order chi connectivity index (χ1) is 7.24. The number of nitrogens with zero attached hydrogens (tertiary/aromatic N) is 1. The van der Waals surface area contributed by atoms with Gasteiger partial charge < -0.3 is 5.32 Å². The van der Waals surface area contributed by atoms with Crippen molar-refractivity contribution in [2.75, 3.05) is 11.0 Å². The summed E-state index contributed by atoms with van der Waals surface area (Å²) >= 11 is 3.81. The van der Waals surface area contributed by atoms with Crippen molar-refractivity contribution in [1.82, 2.24) is 10.3 Å². The summed E-state index contributed by atoms with van der Waals surface area (Å²) in [7, 11) is 0. The molecule has 0 radical (unpaired) electrons. The van der Waals surface area contributed by atoms with Gasteiger partial charge in [0, 0.05) is 6.54 Å². The summed E-state index contributed by atoms with van der Waals surface area (Å²) in [6.45, 7) is 2.67. The number of amides is 1. The maximum absolute atomic E-state index is 11.5. The highest BCUT2D eigenvalue weighted by molar-refractivity contribution is 14.1. The molecule has 3 nitrogen and oxygen atoms in total. The fourth-order valence-corrected chi connectivity index (χ4v) is 2.38. The molecule has 1 rings (SSSR count). The first kappa shape index (κ1) is 12.9. The maximum Gasteiger partial charge on any atom is 0.263 e. The Morgan fingerprint density at radius 2 is 2.33 bits per heavy atom. The minimum Gasteiger partial charge on any atom is -0.351 e. The number of rotatable bonds is 6. The lowest BCUT2D eigenvalue weighted by Gasteiger charge is -2.01. The minimum atomic E-state index is 0.00933. The predicted molar refractivity (Wildman–Crippen MR) is 71.9 cm³/mol. The molecule has 0 bridgehead atoms. The van der Waals surface area contributed by atoms with Crippen molar-refractivity contribution in [3.05, 3.63) is 16.1 Å². The number of alkyl halides is 1. The Balaban J connectivity index is 2.19. The minimum absolute atomic E-state index is 0.00933. The summed E-state index contributed by atoms with van der Waals surface area (Å²) in [5.74, 6) is 0.00933. The molecule has 0 aliphatic carbocycles. The highest BCUT2D eigenvalue weighted by atomic mass is 127. The number of aryl methyl sites for hydroxylation is 1. The molecule has 1 heterocycles. The van der Waals surface area contributed by atoms with E-state index < -0.39 is 0 Å². The number of carbonyl (C=O) groups excluding carboxylic acids is 1. The molecule has 0 saturated heterocycles. The van der Waals surface area contributed by atoms with Gasteiger partial charge in [-0.15, -0.1) is 11.3 Å². The molecule has 0 aromatic carbocycles. The zero-order chi connectivity index (χ0) is 11.1. The van der Waals surface area contributed by atoms with E-state index in [1.54, 1.807) is 6.20 Å². The Morgan fingerprint density at radius 1 is 1.53 bits per heavy atom. The van der Waals surface area contributed by atoms with Crippen LogP contribution < -0.4 is 5.32 Å². The van der Waals surface area contributed by atoms with E-state index in [0.717, 1.165) is 18.0 Å². The number of unbranched alkanes of at least 4 members (excludes halogenated alkanes) is 2. The number of hydrogen-bond acceptors (Lipinski definition) is 3. The van der Waals surface area contributed by atoms with Crippen LogP contribution in [0.2, 0.25) is 0 Å². The van der Waals surface area contributed by atoms with E-state index in [1.807, 2.05) is 6.92 Å². The molecule has 0 unspecified atom stereocenters. The normalized spacial score (nSPS) is 10.3. The summed E-state index contributed by atoms with van der Waals surface area (Å²) in [5, 5.41) is 3.84. The van der Waals surface area contributed by atoms with Crippen LogP contribution in [0.25, 0.3) is 0 Å². The standard InChI is InChI=1S/C10H15IN2OS/c1-8-13-7-9(15-8)10(14)12-6-4-2-3-5-11/h7H,2-6H2,1H3,(H,12,14). The molecule has 1 aromatic heterocycles. The SMILES string of the molecule is Cc1ncc(C(=O)NCCCCCI)s1. The zero-order valence-corrected chi connectivity index (χ0v) is 11.7. The molecular formula is C10H15IN2OS. The van der Waals surface area contributed by atoms with Gasteiger partial charge in [-0.1, -0.05) is 29.0 Å².